The van der Waals surface area contributed by atoms with Crippen LogP contribution in [0.25, 0.3) is 10.2 Å². The smallest absolute Gasteiger partial charge is 0.150 e. The van der Waals surface area contributed by atoms with Gasteiger partial charge in [-0.05, 0) is 43.6 Å². The first-order chi connectivity index (χ1) is 8.81. The fourth-order valence-electron chi connectivity index (χ4n) is 2.87. The van der Waals surface area contributed by atoms with Crippen molar-refractivity contribution in [1.82, 2.24) is 9.97 Å². The van der Waals surface area contributed by atoms with Crippen LogP contribution < -0.4 is 4.90 Å². The van der Waals surface area contributed by atoms with Gasteiger partial charge in [0.15, 0.2) is 0 Å². The van der Waals surface area contributed by atoms with Crippen LogP contribution in [-0.2, 0) is 0 Å². The van der Waals surface area contributed by atoms with Gasteiger partial charge in [-0.3, -0.25) is 0 Å². The van der Waals surface area contributed by atoms with Crippen molar-refractivity contribution in [1.29, 1.82) is 0 Å². The normalized spacial score (nSPS) is 20.6. The van der Waals surface area contributed by atoms with Gasteiger partial charge in [-0.25, -0.2) is 9.97 Å². The predicted octanol–water partition coefficient (Wildman–Crippen LogP) is 3.77. The van der Waals surface area contributed by atoms with Gasteiger partial charge in [-0.15, -0.1) is 11.3 Å². The molecule has 1 aliphatic rings. The van der Waals surface area contributed by atoms with Crippen LogP contribution >= 0.6 is 11.3 Å². The molecule has 0 aliphatic carbocycles. The molecule has 3 heterocycles. The highest BCUT2D eigenvalue weighted by molar-refractivity contribution is 7.18. The number of thiophene rings is 1. The summed E-state index contributed by atoms with van der Waals surface area (Å²) in [6.07, 6.45) is 6.86. The third-order valence-electron chi connectivity index (χ3n) is 3.88. The second-order valence-corrected chi connectivity index (χ2v) is 5.92. The summed E-state index contributed by atoms with van der Waals surface area (Å²) in [7, 11) is 0. The number of nitrogens with zero attached hydrogens (tertiary/aromatic N) is 3. The number of hydrogen-bond donors (Lipinski definition) is 0. The lowest BCUT2D eigenvalue weighted by Gasteiger charge is -2.36. The van der Waals surface area contributed by atoms with Crippen LogP contribution in [0.5, 0.6) is 0 Å². The molecule has 18 heavy (non-hydrogen) atoms. The van der Waals surface area contributed by atoms with Crippen molar-refractivity contribution >= 4 is 27.4 Å². The van der Waals surface area contributed by atoms with Crippen molar-refractivity contribution in [3.05, 3.63) is 17.3 Å². The Morgan fingerprint density at radius 2 is 2.28 bits per heavy atom. The summed E-state index contributed by atoms with van der Waals surface area (Å²) >= 11 is 1.78. The van der Waals surface area contributed by atoms with Crippen molar-refractivity contribution in [3.63, 3.8) is 0 Å². The summed E-state index contributed by atoms with van der Waals surface area (Å²) in [6.45, 7) is 5.55. The zero-order valence-electron chi connectivity index (χ0n) is 11.0. The zero-order chi connectivity index (χ0) is 12.5. The zero-order valence-corrected chi connectivity index (χ0v) is 11.8. The van der Waals surface area contributed by atoms with E-state index in [1.165, 1.54) is 35.9 Å². The fraction of sp³-hybridized carbons (Fsp3) is 0.571. The van der Waals surface area contributed by atoms with Crippen molar-refractivity contribution in [2.75, 3.05) is 11.4 Å². The van der Waals surface area contributed by atoms with Gasteiger partial charge >= 0.3 is 0 Å². The molecule has 0 radical (unpaired) electrons. The molecule has 3 nitrogen and oxygen atoms in total. The fourth-order valence-corrected chi connectivity index (χ4v) is 3.87. The summed E-state index contributed by atoms with van der Waals surface area (Å²) in [5.41, 5.74) is 2.40. The van der Waals surface area contributed by atoms with Crippen LogP contribution in [0.2, 0.25) is 0 Å². The number of aromatic nitrogens is 2. The Morgan fingerprint density at radius 3 is 3.11 bits per heavy atom. The minimum atomic E-state index is 0.652. The van der Waals surface area contributed by atoms with Gasteiger partial charge < -0.3 is 4.90 Å². The van der Waals surface area contributed by atoms with Gasteiger partial charge in [-0.2, -0.15) is 0 Å². The number of hydrogen-bond acceptors (Lipinski definition) is 4. The minimum absolute atomic E-state index is 0.652. The van der Waals surface area contributed by atoms with Crippen molar-refractivity contribution < 1.29 is 0 Å². The summed E-state index contributed by atoms with van der Waals surface area (Å²) in [5.74, 6) is 1.16. The maximum atomic E-state index is 4.57. The first-order valence-electron chi connectivity index (χ1n) is 6.76. The summed E-state index contributed by atoms with van der Waals surface area (Å²) in [5, 5.41) is 2.19. The monoisotopic (exact) mass is 261 g/mol. The van der Waals surface area contributed by atoms with E-state index in [0.717, 1.165) is 17.9 Å². The van der Waals surface area contributed by atoms with Crippen LogP contribution in [0.15, 0.2) is 11.7 Å². The van der Waals surface area contributed by atoms with Crippen LogP contribution in [-0.4, -0.2) is 22.6 Å². The number of rotatable bonds is 2. The van der Waals surface area contributed by atoms with E-state index in [9.17, 15) is 0 Å². The van der Waals surface area contributed by atoms with E-state index in [-0.39, 0.29) is 0 Å². The van der Waals surface area contributed by atoms with E-state index in [2.05, 4.69) is 34.1 Å². The van der Waals surface area contributed by atoms with E-state index in [4.69, 9.17) is 0 Å². The lowest BCUT2D eigenvalue weighted by molar-refractivity contribution is 0.448. The highest BCUT2D eigenvalue weighted by atomic mass is 32.1. The molecule has 0 amide bonds. The highest BCUT2D eigenvalue weighted by Gasteiger charge is 2.24. The van der Waals surface area contributed by atoms with E-state index in [1.807, 2.05) is 0 Å². The second kappa shape index (κ2) is 4.84. The molecule has 96 valence electrons. The van der Waals surface area contributed by atoms with Gasteiger partial charge in [0, 0.05) is 12.6 Å². The largest absolute Gasteiger partial charge is 0.352 e. The van der Waals surface area contributed by atoms with Crippen molar-refractivity contribution in [3.8, 4) is 0 Å². The molecular formula is C14H19N3S. The molecule has 2 aromatic rings. The van der Waals surface area contributed by atoms with Gasteiger partial charge in [0.2, 0.25) is 0 Å². The maximum Gasteiger partial charge on any atom is 0.150 e. The Labute approximate surface area is 112 Å². The molecule has 0 spiro atoms. The van der Waals surface area contributed by atoms with Gasteiger partial charge in [0.1, 0.15) is 12.1 Å². The molecule has 0 saturated carbocycles. The SMILES string of the molecule is CCC1CCCCN1c1ncnc2c(C)csc12. The van der Waals surface area contributed by atoms with E-state index in [1.54, 1.807) is 17.7 Å². The van der Waals surface area contributed by atoms with Gasteiger partial charge in [0.25, 0.3) is 0 Å². The quantitative estimate of drug-likeness (QED) is 0.824. The van der Waals surface area contributed by atoms with Crippen molar-refractivity contribution in [2.45, 2.75) is 45.6 Å². The molecule has 2 aromatic heterocycles. The molecule has 1 atom stereocenters. The Balaban J connectivity index is 2.07. The first kappa shape index (κ1) is 11.9. The molecule has 1 saturated heterocycles. The van der Waals surface area contributed by atoms with E-state index >= 15 is 0 Å². The van der Waals surface area contributed by atoms with Gasteiger partial charge in [0.05, 0.1) is 10.2 Å². The standard InChI is InChI=1S/C14H19N3S/c1-3-11-6-4-5-7-17(11)14-13-12(15-9-16-14)10(2)8-18-13/h8-9,11H,3-7H2,1-2H3. The predicted molar refractivity (Wildman–Crippen MR) is 77.4 cm³/mol. The number of piperidine rings is 1. The molecular weight excluding hydrogens is 242 g/mol. The van der Waals surface area contributed by atoms with Crippen LogP contribution in [0.3, 0.4) is 0 Å². The Bertz CT molecular complexity index is 549. The summed E-state index contributed by atoms with van der Waals surface area (Å²) < 4.78 is 1.26. The van der Waals surface area contributed by atoms with Crippen LogP contribution in [0, 0.1) is 6.92 Å². The summed E-state index contributed by atoms with van der Waals surface area (Å²) in [6, 6.07) is 0.652. The maximum absolute atomic E-state index is 4.57. The first-order valence-corrected chi connectivity index (χ1v) is 7.64. The molecule has 0 bridgehead atoms. The average Bonchev–Trinajstić information content (AvgIpc) is 2.81. The molecule has 4 heteroatoms. The molecule has 1 aliphatic heterocycles. The number of aryl methyl sites for hydroxylation is 1. The molecule has 1 fully saturated rings. The second-order valence-electron chi connectivity index (χ2n) is 5.04. The van der Waals surface area contributed by atoms with Gasteiger partial charge in [-0.1, -0.05) is 6.92 Å². The van der Waals surface area contributed by atoms with E-state index in [0.29, 0.717) is 6.04 Å². The topological polar surface area (TPSA) is 29.0 Å². The number of anilines is 1. The third-order valence-corrected chi connectivity index (χ3v) is 4.97. The average molecular weight is 261 g/mol. The Morgan fingerprint density at radius 1 is 1.39 bits per heavy atom. The summed E-state index contributed by atoms with van der Waals surface area (Å²) in [4.78, 5) is 11.5. The van der Waals surface area contributed by atoms with E-state index < -0.39 is 0 Å². The molecule has 0 aromatic carbocycles. The lowest BCUT2D eigenvalue weighted by Crippen LogP contribution is -2.39. The lowest BCUT2D eigenvalue weighted by atomic mass is 10.00. The Hall–Kier alpha value is -1.16. The van der Waals surface area contributed by atoms with Crippen molar-refractivity contribution in [2.24, 2.45) is 0 Å². The molecule has 3 rings (SSSR count). The van der Waals surface area contributed by atoms with Crippen LogP contribution in [0.4, 0.5) is 5.82 Å². The Kier molecular flexibility index (Phi) is 3.20. The number of fused-ring (bicyclic) bond motifs is 1. The molecule has 0 N–H and O–H groups in total. The third kappa shape index (κ3) is 1.88. The highest BCUT2D eigenvalue weighted by Crippen LogP contribution is 2.34. The molecule has 1 unspecified atom stereocenters. The van der Waals surface area contributed by atoms with Crippen LogP contribution in [0.1, 0.15) is 38.2 Å². The minimum Gasteiger partial charge on any atom is -0.352 e.